The molecule has 1 aromatic heterocycles. The van der Waals surface area contributed by atoms with Crippen molar-refractivity contribution in [3.63, 3.8) is 0 Å². The summed E-state index contributed by atoms with van der Waals surface area (Å²) in [6, 6.07) is 8.50. The topological polar surface area (TPSA) is 25.2 Å². The van der Waals surface area contributed by atoms with Gasteiger partial charge in [-0.25, -0.2) is 0 Å². The van der Waals surface area contributed by atoms with E-state index in [1.54, 1.807) is 6.08 Å². The summed E-state index contributed by atoms with van der Waals surface area (Å²) >= 11 is 0. The molecule has 0 spiro atoms. The molecule has 0 amide bonds. The van der Waals surface area contributed by atoms with Gasteiger partial charge in [-0.2, -0.15) is 0 Å². The first-order chi connectivity index (χ1) is 8.29. The molecule has 1 N–H and O–H groups in total. The number of aliphatic hydroxyl groups is 1. The Morgan fingerprint density at radius 1 is 1.24 bits per heavy atom. The average molecular weight is 229 g/mol. The van der Waals surface area contributed by atoms with E-state index in [1.165, 1.54) is 22.2 Å². The monoisotopic (exact) mass is 229 g/mol. The molecule has 1 aromatic carbocycles. The molecular weight excluding hydrogens is 210 g/mol. The van der Waals surface area contributed by atoms with E-state index in [0.29, 0.717) is 0 Å². The maximum atomic E-state index is 8.80. The van der Waals surface area contributed by atoms with Crippen LogP contribution in [0, 0.1) is 0 Å². The minimum Gasteiger partial charge on any atom is -0.392 e. The zero-order valence-corrected chi connectivity index (χ0v) is 10.5. The Kier molecular flexibility index (Phi) is 3.64. The number of aliphatic hydroxyl groups excluding tert-OH is 1. The minimum atomic E-state index is 0.117. The van der Waals surface area contributed by atoms with Crippen molar-refractivity contribution in [1.82, 2.24) is 4.57 Å². The van der Waals surface area contributed by atoms with Gasteiger partial charge in [0.25, 0.3) is 0 Å². The third kappa shape index (κ3) is 2.13. The molecule has 1 heterocycles. The van der Waals surface area contributed by atoms with E-state index in [0.717, 1.165) is 12.8 Å². The number of hydrogen-bond donors (Lipinski definition) is 1. The van der Waals surface area contributed by atoms with Gasteiger partial charge in [-0.05, 0) is 24.5 Å². The Bertz CT molecular complexity index is 537. The Morgan fingerprint density at radius 3 is 2.71 bits per heavy atom. The summed E-state index contributed by atoms with van der Waals surface area (Å²) in [5.41, 5.74) is 4.06. The molecule has 2 heteroatoms. The molecular formula is C15H19NO. The Balaban J connectivity index is 2.54. The maximum Gasteiger partial charge on any atom is 0.0612 e. The van der Waals surface area contributed by atoms with Crippen LogP contribution in [0.2, 0.25) is 0 Å². The van der Waals surface area contributed by atoms with Gasteiger partial charge in [0.05, 0.1) is 6.61 Å². The molecule has 0 aliphatic rings. The van der Waals surface area contributed by atoms with Gasteiger partial charge in [-0.3, -0.25) is 0 Å². The highest BCUT2D eigenvalue weighted by Gasteiger charge is 2.11. The van der Waals surface area contributed by atoms with Gasteiger partial charge in [0, 0.05) is 23.6 Å². The van der Waals surface area contributed by atoms with Crippen molar-refractivity contribution in [2.75, 3.05) is 6.61 Å². The van der Waals surface area contributed by atoms with E-state index < -0.39 is 0 Å². The quantitative estimate of drug-likeness (QED) is 0.801. The number of aryl methyl sites for hydroxylation is 1. The van der Waals surface area contributed by atoms with Crippen LogP contribution >= 0.6 is 0 Å². The molecule has 0 aliphatic heterocycles. The Morgan fingerprint density at radius 2 is 2.00 bits per heavy atom. The van der Waals surface area contributed by atoms with Crippen LogP contribution in [-0.2, 0) is 19.9 Å². The molecule has 2 rings (SSSR count). The third-order valence-corrected chi connectivity index (χ3v) is 3.27. The zero-order valence-electron chi connectivity index (χ0n) is 10.5. The molecule has 0 aliphatic carbocycles. The lowest BCUT2D eigenvalue weighted by atomic mass is 10.1. The van der Waals surface area contributed by atoms with Gasteiger partial charge < -0.3 is 9.67 Å². The summed E-state index contributed by atoms with van der Waals surface area (Å²) in [5.74, 6) is 0. The summed E-state index contributed by atoms with van der Waals surface area (Å²) in [4.78, 5) is 0. The van der Waals surface area contributed by atoms with Crippen molar-refractivity contribution >= 4 is 10.9 Å². The summed E-state index contributed by atoms with van der Waals surface area (Å²) < 4.78 is 2.28. The molecule has 0 bridgehead atoms. The molecule has 0 radical (unpaired) electrons. The fourth-order valence-corrected chi connectivity index (χ4v) is 2.48. The van der Waals surface area contributed by atoms with Gasteiger partial charge in [-0.1, -0.05) is 37.3 Å². The van der Waals surface area contributed by atoms with E-state index in [-0.39, 0.29) is 6.61 Å². The molecule has 0 unspecified atom stereocenters. The summed E-state index contributed by atoms with van der Waals surface area (Å²) in [7, 11) is 2.13. The molecule has 0 saturated carbocycles. The highest BCUT2D eigenvalue weighted by Crippen LogP contribution is 2.26. The third-order valence-electron chi connectivity index (χ3n) is 3.27. The number of aromatic nitrogens is 1. The van der Waals surface area contributed by atoms with E-state index in [4.69, 9.17) is 5.11 Å². The largest absolute Gasteiger partial charge is 0.392 e. The standard InChI is InChI=1S/C15H19NO/c1-3-14-12(9-6-7-11-17)13-8-4-5-10-15(13)16(14)2/h4-8,10,17H,3,9,11H2,1-2H3. The normalized spacial score (nSPS) is 11.7. The van der Waals surface area contributed by atoms with Crippen molar-refractivity contribution in [2.45, 2.75) is 19.8 Å². The van der Waals surface area contributed by atoms with Gasteiger partial charge in [0.15, 0.2) is 0 Å². The van der Waals surface area contributed by atoms with E-state index in [2.05, 4.69) is 42.8 Å². The van der Waals surface area contributed by atoms with Crippen LogP contribution in [0.25, 0.3) is 10.9 Å². The van der Waals surface area contributed by atoms with Crippen molar-refractivity contribution in [2.24, 2.45) is 7.05 Å². The second-order valence-corrected chi connectivity index (χ2v) is 4.21. The van der Waals surface area contributed by atoms with Crippen molar-refractivity contribution in [3.8, 4) is 0 Å². The molecule has 90 valence electrons. The number of benzene rings is 1. The smallest absolute Gasteiger partial charge is 0.0612 e. The predicted octanol–water partition coefficient (Wildman–Crippen LogP) is 2.83. The van der Waals surface area contributed by atoms with Crippen molar-refractivity contribution in [3.05, 3.63) is 47.7 Å². The van der Waals surface area contributed by atoms with Crippen LogP contribution in [0.5, 0.6) is 0 Å². The molecule has 2 nitrogen and oxygen atoms in total. The number of para-hydroxylation sites is 1. The van der Waals surface area contributed by atoms with Crippen LogP contribution in [0.15, 0.2) is 36.4 Å². The number of hydrogen-bond acceptors (Lipinski definition) is 1. The fraction of sp³-hybridized carbons (Fsp3) is 0.333. The first-order valence-electron chi connectivity index (χ1n) is 6.10. The highest BCUT2D eigenvalue weighted by atomic mass is 16.2. The molecule has 17 heavy (non-hydrogen) atoms. The highest BCUT2D eigenvalue weighted by molar-refractivity contribution is 5.85. The lowest BCUT2D eigenvalue weighted by Gasteiger charge is -2.03. The molecule has 0 atom stereocenters. The van der Waals surface area contributed by atoms with Gasteiger partial charge in [0.2, 0.25) is 0 Å². The van der Waals surface area contributed by atoms with E-state index in [9.17, 15) is 0 Å². The molecule has 2 aromatic rings. The predicted molar refractivity (Wildman–Crippen MR) is 72.2 cm³/mol. The fourth-order valence-electron chi connectivity index (χ4n) is 2.48. The van der Waals surface area contributed by atoms with Crippen molar-refractivity contribution < 1.29 is 5.11 Å². The zero-order chi connectivity index (χ0) is 12.3. The molecule has 0 fully saturated rings. The van der Waals surface area contributed by atoms with E-state index >= 15 is 0 Å². The average Bonchev–Trinajstić information content (AvgIpc) is 2.63. The first-order valence-corrected chi connectivity index (χ1v) is 6.10. The SMILES string of the molecule is CCc1c(CC=CCO)c2ccccc2n1C. The Hall–Kier alpha value is -1.54. The summed E-state index contributed by atoms with van der Waals surface area (Å²) in [6.45, 7) is 2.31. The first kappa shape index (κ1) is 11.9. The second-order valence-electron chi connectivity index (χ2n) is 4.21. The number of allylic oxidation sites excluding steroid dienone is 1. The van der Waals surface area contributed by atoms with Crippen LogP contribution in [0.1, 0.15) is 18.2 Å². The maximum absolute atomic E-state index is 8.80. The van der Waals surface area contributed by atoms with Crippen molar-refractivity contribution in [1.29, 1.82) is 0 Å². The lowest BCUT2D eigenvalue weighted by Crippen LogP contribution is -1.96. The van der Waals surface area contributed by atoms with Crippen LogP contribution in [0.3, 0.4) is 0 Å². The number of rotatable bonds is 4. The summed E-state index contributed by atoms with van der Waals surface area (Å²) in [5, 5.41) is 10.1. The number of nitrogens with zero attached hydrogens (tertiary/aromatic N) is 1. The lowest BCUT2D eigenvalue weighted by molar-refractivity contribution is 0.342. The van der Waals surface area contributed by atoms with Gasteiger partial charge in [0.1, 0.15) is 0 Å². The Labute approximate surface area is 102 Å². The second kappa shape index (κ2) is 5.19. The summed E-state index contributed by atoms with van der Waals surface area (Å²) in [6.07, 6.45) is 5.78. The van der Waals surface area contributed by atoms with Gasteiger partial charge >= 0.3 is 0 Å². The van der Waals surface area contributed by atoms with Crippen LogP contribution in [0.4, 0.5) is 0 Å². The minimum absolute atomic E-state index is 0.117. The molecule has 0 saturated heterocycles. The van der Waals surface area contributed by atoms with Gasteiger partial charge in [-0.15, -0.1) is 0 Å². The van der Waals surface area contributed by atoms with E-state index in [1.807, 2.05) is 6.08 Å². The van der Waals surface area contributed by atoms with Crippen LogP contribution in [-0.4, -0.2) is 16.3 Å². The number of fused-ring (bicyclic) bond motifs is 1. The van der Waals surface area contributed by atoms with Crippen LogP contribution < -0.4 is 0 Å².